The van der Waals surface area contributed by atoms with Gasteiger partial charge >= 0.3 is 0 Å². The van der Waals surface area contributed by atoms with Crippen LogP contribution in [0, 0.1) is 5.92 Å². The molecule has 0 atom stereocenters. The van der Waals surface area contributed by atoms with Crippen LogP contribution >= 0.6 is 11.3 Å². The fourth-order valence-electron chi connectivity index (χ4n) is 2.70. The maximum atomic E-state index is 12.8. The Morgan fingerprint density at radius 2 is 1.85 bits per heavy atom. The molecule has 6 heteroatoms. The molecule has 27 heavy (non-hydrogen) atoms. The zero-order chi connectivity index (χ0) is 19.6. The molecule has 0 fully saturated rings. The van der Waals surface area contributed by atoms with Crippen molar-refractivity contribution in [1.82, 2.24) is 10.2 Å². The first kappa shape index (κ1) is 19.3. The maximum absolute atomic E-state index is 12.8. The lowest BCUT2D eigenvalue weighted by Gasteiger charge is -2.20. The van der Waals surface area contributed by atoms with Gasteiger partial charge < -0.3 is 4.42 Å². The van der Waals surface area contributed by atoms with Gasteiger partial charge in [-0.3, -0.25) is 9.69 Å². The monoisotopic (exact) mass is 383 g/mol. The highest BCUT2D eigenvalue weighted by molar-refractivity contribution is 7.18. The summed E-state index contributed by atoms with van der Waals surface area (Å²) in [7, 11) is 0. The summed E-state index contributed by atoms with van der Waals surface area (Å²) in [6.45, 7) is 11.3. The third kappa shape index (κ3) is 4.45. The van der Waals surface area contributed by atoms with Crippen LogP contribution < -0.4 is 4.90 Å². The van der Waals surface area contributed by atoms with E-state index in [0.717, 1.165) is 10.6 Å². The molecule has 3 aromatic rings. The molecule has 1 amide bonds. The van der Waals surface area contributed by atoms with Gasteiger partial charge in [-0.05, 0) is 29.0 Å². The van der Waals surface area contributed by atoms with Crippen LogP contribution in [0.25, 0.3) is 10.6 Å². The van der Waals surface area contributed by atoms with Crippen LogP contribution in [0.15, 0.2) is 47.1 Å². The molecule has 3 rings (SSSR count). The van der Waals surface area contributed by atoms with E-state index < -0.39 is 0 Å². The number of carbonyl (C=O) groups excluding carboxylic acids is 1. The Morgan fingerprint density at radius 1 is 1.15 bits per heavy atom. The van der Waals surface area contributed by atoms with Gasteiger partial charge in [0.25, 0.3) is 5.91 Å². The lowest BCUT2D eigenvalue weighted by atomic mass is 9.87. The summed E-state index contributed by atoms with van der Waals surface area (Å²) in [5.41, 5.74) is 2.38. The molecule has 2 aromatic heterocycles. The van der Waals surface area contributed by atoms with Gasteiger partial charge in [-0.25, -0.2) is 0 Å². The standard InChI is InChI=1S/C21H25N3O2S/c1-14(2)13-24(19(25)17-7-6-12-26-17)20-23-22-18(27-20)15-8-10-16(11-9-15)21(3,4)5/h6-12,14H,13H2,1-5H3. The van der Waals surface area contributed by atoms with Gasteiger partial charge in [-0.15, -0.1) is 10.2 Å². The Labute approximate surface area is 164 Å². The van der Waals surface area contributed by atoms with Crippen molar-refractivity contribution >= 4 is 22.4 Å². The lowest BCUT2D eigenvalue weighted by molar-refractivity contribution is 0.0957. The third-order valence-corrected chi connectivity index (χ3v) is 5.16. The molecule has 1 aromatic carbocycles. The fraction of sp³-hybridized carbons (Fsp3) is 0.381. The number of hydrogen-bond donors (Lipinski definition) is 0. The van der Waals surface area contributed by atoms with Gasteiger partial charge in [0.05, 0.1) is 6.26 Å². The number of hydrogen-bond acceptors (Lipinski definition) is 5. The second-order valence-electron chi connectivity index (χ2n) is 8.00. The van der Waals surface area contributed by atoms with Crippen molar-refractivity contribution in [3.8, 4) is 10.6 Å². The van der Waals surface area contributed by atoms with E-state index in [9.17, 15) is 4.79 Å². The van der Waals surface area contributed by atoms with Crippen LogP contribution in [-0.4, -0.2) is 22.6 Å². The summed E-state index contributed by atoms with van der Waals surface area (Å²) in [6.07, 6.45) is 1.50. The predicted octanol–water partition coefficient (Wildman–Crippen LogP) is 5.40. The molecular weight excluding hydrogens is 358 g/mol. The predicted molar refractivity (Wildman–Crippen MR) is 109 cm³/mol. The Morgan fingerprint density at radius 3 is 2.41 bits per heavy atom. The number of aromatic nitrogens is 2. The molecule has 0 radical (unpaired) electrons. The van der Waals surface area contributed by atoms with Crippen molar-refractivity contribution in [1.29, 1.82) is 0 Å². The van der Waals surface area contributed by atoms with Crippen LogP contribution in [0.1, 0.15) is 50.7 Å². The van der Waals surface area contributed by atoms with Crippen LogP contribution in [0.5, 0.6) is 0 Å². The first-order valence-electron chi connectivity index (χ1n) is 9.05. The van der Waals surface area contributed by atoms with Gasteiger partial charge in [0.1, 0.15) is 5.01 Å². The Bertz CT molecular complexity index is 890. The van der Waals surface area contributed by atoms with Crippen molar-refractivity contribution in [3.63, 3.8) is 0 Å². The first-order valence-corrected chi connectivity index (χ1v) is 9.87. The van der Waals surface area contributed by atoms with E-state index in [-0.39, 0.29) is 11.3 Å². The first-order chi connectivity index (χ1) is 12.8. The van der Waals surface area contributed by atoms with E-state index in [1.807, 2.05) is 0 Å². The summed E-state index contributed by atoms with van der Waals surface area (Å²) in [6, 6.07) is 11.7. The van der Waals surface area contributed by atoms with Crippen molar-refractivity contribution in [2.45, 2.75) is 40.0 Å². The summed E-state index contributed by atoms with van der Waals surface area (Å²) in [5, 5.41) is 9.98. The quantitative estimate of drug-likeness (QED) is 0.592. The lowest BCUT2D eigenvalue weighted by Crippen LogP contribution is -2.34. The molecule has 0 aliphatic heterocycles. The van der Waals surface area contributed by atoms with Crippen molar-refractivity contribution in [3.05, 3.63) is 54.0 Å². The van der Waals surface area contributed by atoms with Crippen LogP contribution in [0.3, 0.4) is 0 Å². The second kappa shape index (κ2) is 7.64. The Kier molecular flexibility index (Phi) is 5.46. The molecule has 0 saturated heterocycles. The van der Waals surface area contributed by atoms with Crippen LogP contribution in [-0.2, 0) is 5.41 Å². The van der Waals surface area contributed by atoms with E-state index in [4.69, 9.17) is 4.42 Å². The minimum atomic E-state index is -0.195. The molecular formula is C21H25N3O2S. The number of nitrogens with zero attached hydrogens (tertiary/aromatic N) is 3. The van der Waals surface area contributed by atoms with Gasteiger partial charge in [0.2, 0.25) is 5.13 Å². The largest absolute Gasteiger partial charge is 0.459 e. The van der Waals surface area contributed by atoms with Crippen molar-refractivity contribution in [2.75, 3.05) is 11.4 Å². The van der Waals surface area contributed by atoms with Crippen molar-refractivity contribution < 1.29 is 9.21 Å². The van der Waals surface area contributed by atoms with Gasteiger partial charge in [0.15, 0.2) is 5.76 Å². The van der Waals surface area contributed by atoms with E-state index in [0.29, 0.717) is 23.4 Å². The molecule has 0 bridgehead atoms. The van der Waals surface area contributed by atoms with Crippen molar-refractivity contribution in [2.24, 2.45) is 5.92 Å². The maximum Gasteiger partial charge on any atom is 0.295 e. The molecule has 142 valence electrons. The summed E-state index contributed by atoms with van der Waals surface area (Å²) >= 11 is 1.42. The zero-order valence-electron chi connectivity index (χ0n) is 16.4. The molecule has 0 aliphatic rings. The highest BCUT2D eigenvalue weighted by Gasteiger charge is 2.24. The van der Waals surface area contributed by atoms with Gasteiger partial charge in [0, 0.05) is 12.1 Å². The molecule has 0 saturated carbocycles. The molecule has 0 spiro atoms. The van der Waals surface area contributed by atoms with Crippen LogP contribution in [0.4, 0.5) is 5.13 Å². The molecule has 2 heterocycles. The number of rotatable bonds is 5. The summed E-state index contributed by atoms with van der Waals surface area (Å²) < 4.78 is 5.28. The highest BCUT2D eigenvalue weighted by atomic mass is 32.1. The average molecular weight is 384 g/mol. The van der Waals surface area contributed by atoms with E-state index in [1.54, 1.807) is 17.0 Å². The van der Waals surface area contributed by atoms with Crippen LogP contribution in [0.2, 0.25) is 0 Å². The number of anilines is 1. The average Bonchev–Trinajstić information content (AvgIpc) is 3.30. The smallest absolute Gasteiger partial charge is 0.295 e. The third-order valence-electron chi connectivity index (χ3n) is 4.17. The summed E-state index contributed by atoms with van der Waals surface area (Å²) in [4.78, 5) is 14.5. The number of furan rings is 1. The van der Waals surface area contributed by atoms with Gasteiger partial charge in [-0.1, -0.05) is 70.2 Å². The highest BCUT2D eigenvalue weighted by Crippen LogP contribution is 2.31. The SMILES string of the molecule is CC(C)CN(C(=O)c1ccco1)c1nnc(-c2ccc(C(C)(C)C)cc2)s1. The minimum Gasteiger partial charge on any atom is -0.459 e. The molecule has 0 unspecified atom stereocenters. The van der Waals surface area contributed by atoms with E-state index >= 15 is 0 Å². The number of amides is 1. The minimum absolute atomic E-state index is 0.105. The number of benzene rings is 1. The fourth-order valence-corrected chi connectivity index (χ4v) is 3.56. The topological polar surface area (TPSA) is 59.2 Å². The number of carbonyl (C=O) groups is 1. The normalized spacial score (nSPS) is 11.8. The Hall–Kier alpha value is -2.47. The second-order valence-corrected chi connectivity index (χ2v) is 8.96. The Balaban J connectivity index is 1.88. The summed E-state index contributed by atoms with van der Waals surface area (Å²) in [5.74, 6) is 0.406. The van der Waals surface area contributed by atoms with E-state index in [1.165, 1.54) is 23.2 Å². The molecule has 0 N–H and O–H groups in total. The van der Waals surface area contributed by atoms with Gasteiger partial charge in [-0.2, -0.15) is 0 Å². The zero-order valence-corrected chi connectivity index (χ0v) is 17.2. The van der Waals surface area contributed by atoms with E-state index in [2.05, 4.69) is 69.1 Å². The molecule has 5 nitrogen and oxygen atoms in total. The molecule has 0 aliphatic carbocycles.